The number of primary amides is 1. The third kappa shape index (κ3) is 3.08. The number of amides is 1. The van der Waals surface area contributed by atoms with Crippen molar-refractivity contribution in [1.82, 2.24) is 4.90 Å². The number of carboxylic acid groups (broad SMARTS) is 1. The molecule has 0 spiro atoms. The fourth-order valence-electron chi connectivity index (χ4n) is 2.28. The summed E-state index contributed by atoms with van der Waals surface area (Å²) in [5, 5.41) is 8.88. The number of nitrogens with two attached hydrogens (primary N) is 1. The Balaban J connectivity index is 2.09. The molecule has 102 valence electrons. The van der Waals surface area contributed by atoms with Crippen molar-refractivity contribution in [3.63, 3.8) is 0 Å². The summed E-state index contributed by atoms with van der Waals surface area (Å²) in [6.45, 7) is 1.44. The molecule has 0 bridgehead atoms. The summed E-state index contributed by atoms with van der Waals surface area (Å²) in [4.78, 5) is 23.8. The van der Waals surface area contributed by atoms with Gasteiger partial charge in [0.25, 0.3) is 0 Å². The van der Waals surface area contributed by atoms with Gasteiger partial charge in [-0.2, -0.15) is 0 Å². The molecular formula is C13H15FN2O3. The van der Waals surface area contributed by atoms with Gasteiger partial charge in [-0.15, -0.1) is 0 Å². The molecule has 0 aliphatic carbocycles. The highest BCUT2D eigenvalue weighted by Gasteiger charge is 2.27. The van der Waals surface area contributed by atoms with Crippen LogP contribution in [0.2, 0.25) is 0 Å². The Hall–Kier alpha value is -1.95. The second kappa shape index (κ2) is 5.36. The van der Waals surface area contributed by atoms with Crippen molar-refractivity contribution in [2.24, 2.45) is 11.7 Å². The van der Waals surface area contributed by atoms with Gasteiger partial charge in [-0.05, 0) is 31.2 Å². The second-order valence-corrected chi connectivity index (χ2v) is 4.73. The number of halogens is 1. The number of rotatable bonds is 4. The highest BCUT2D eigenvalue weighted by molar-refractivity contribution is 5.87. The molecule has 1 fully saturated rings. The molecule has 1 aromatic rings. The normalized spacial score (nSPS) is 19.5. The maximum Gasteiger partial charge on any atom is 0.335 e. The molecule has 1 saturated heterocycles. The van der Waals surface area contributed by atoms with Gasteiger partial charge in [-0.3, -0.25) is 9.69 Å². The van der Waals surface area contributed by atoms with Crippen LogP contribution >= 0.6 is 0 Å². The molecule has 2 rings (SSSR count). The van der Waals surface area contributed by atoms with E-state index in [4.69, 9.17) is 10.8 Å². The van der Waals surface area contributed by atoms with Crippen LogP contribution in [0.25, 0.3) is 0 Å². The summed E-state index contributed by atoms with van der Waals surface area (Å²) in [5.74, 6) is -2.07. The smallest absolute Gasteiger partial charge is 0.335 e. The summed E-state index contributed by atoms with van der Waals surface area (Å²) < 4.78 is 13.6. The van der Waals surface area contributed by atoms with Gasteiger partial charge in [0.05, 0.1) is 11.5 Å². The number of carbonyl (C=O) groups excluding carboxylic acids is 1. The van der Waals surface area contributed by atoms with E-state index in [0.717, 1.165) is 6.07 Å². The van der Waals surface area contributed by atoms with E-state index in [1.165, 1.54) is 12.1 Å². The predicted octanol–water partition coefficient (Wildman–Crippen LogP) is 0.831. The van der Waals surface area contributed by atoms with Crippen LogP contribution < -0.4 is 5.73 Å². The van der Waals surface area contributed by atoms with Crippen molar-refractivity contribution in [1.29, 1.82) is 0 Å². The maximum absolute atomic E-state index is 13.6. The Morgan fingerprint density at radius 2 is 2.21 bits per heavy atom. The largest absolute Gasteiger partial charge is 0.478 e. The molecule has 0 aromatic heterocycles. The molecule has 1 amide bonds. The Labute approximate surface area is 109 Å². The lowest BCUT2D eigenvalue weighted by Crippen LogP contribution is -2.27. The van der Waals surface area contributed by atoms with Crippen molar-refractivity contribution in [2.45, 2.75) is 13.0 Å². The molecular weight excluding hydrogens is 251 g/mol. The quantitative estimate of drug-likeness (QED) is 0.845. The van der Waals surface area contributed by atoms with Crippen LogP contribution in [0.1, 0.15) is 22.3 Å². The van der Waals surface area contributed by atoms with Crippen LogP contribution in [0.4, 0.5) is 4.39 Å². The first kappa shape index (κ1) is 13.5. The highest BCUT2D eigenvalue weighted by atomic mass is 19.1. The van der Waals surface area contributed by atoms with Crippen LogP contribution in [-0.4, -0.2) is 35.0 Å². The number of carboxylic acids is 1. The Morgan fingerprint density at radius 3 is 2.79 bits per heavy atom. The lowest BCUT2D eigenvalue weighted by Gasteiger charge is -2.16. The number of benzene rings is 1. The number of likely N-dealkylation sites (tertiary alicyclic amines) is 1. The lowest BCUT2D eigenvalue weighted by atomic mass is 10.1. The summed E-state index contributed by atoms with van der Waals surface area (Å²) in [6.07, 6.45) is 0.662. The van der Waals surface area contributed by atoms with E-state index in [-0.39, 0.29) is 23.9 Å². The molecule has 0 saturated carbocycles. The van der Waals surface area contributed by atoms with E-state index < -0.39 is 11.8 Å². The third-order valence-corrected chi connectivity index (χ3v) is 3.36. The number of carbonyl (C=O) groups is 2. The van der Waals surface area contributed by atoms with Gasteiger partial charge in [0, 0.05) is 18.7 Å². The average molecular weight is 266 g/mol. The summed E-state index contributed by atoms with van der Waals surface area (Å²) >= 11 is 0. The predicted molar refractivity (Wildman–Crippen MR) is 65.9 cm³/mol. The first-order valence-corrected chi connectivity index (χ1v) is 6.00. The average Bonchev–Trinajstić information content (AvgIpc) is 2.80. The molecule has 1 aliphatic rings. The van der Waals surface area contributed by atoms with Gasteiger partial charge >= 0.3 is 5.97 Å². The molecule has 1 heterocycles. The SMILES string of the molecule is NC(=O)C1CCN(Cc2cc(C(=O)O)ccc2F)C1. The maximum atomic E-state index is 13.6. The minimum atomic E-state index is -1.09. The van der Waals surface area contributed by atoms with Gasteiger partial charge in [-0.1, -0.05) is 0 Å². The fourth-order valence-corrected chi connectivity index (χ4v) is 2.28. The molecule has 5 nitrogen and oxygen atoms in total. The lowest BCUT2D eigenvalue weighted by molar-refractivity contribution is -0.121. The van der Waals surface area contributed by atoms with Crippen molar-refractivity contribution in [2.75, 3.05) is 13.1 Å². The summed E-state index contributed by atoms with van der Waals surface area (Å²) in [5.41, 5.74) is 5.61. The van der Waals surface area contributed by atoms with Gasteiger partial charge in [0.2, 0.25) is 5.91 Å². The minimum Gasteiger partial charge on any atom is -0.478 e. The second-order valence-electron chi connectivity index (χ2n) is 4.73. The molecule has 3 N–H and O–H groups in total. The number of hydrogen-bond donors (Lipinski definition) is 2. The van der Waals surface area contributed by atoms with E-state index in [2.05, 4.69) is 0 Å². The Morgan fingerprint density at radius 1 is 1.47 bits per heavy atom. The van der Waals surface area contributed by atoms with E-state index >= 15 is 0 Å². The molecule has 0 radical (unpaired) electrons. The first-order chi connectivity index (χ1) is 8.97. The zero-order valence-corrected chi connectivity index (χ0v) is 10.3. The zero-order valence-electron chi connectivity index (χ0n) is 10.3. The molecule has 1 aromatic carbocycles. The van der Waals surface area contributed by atoms with Crippen molar-refractivity contribution < 1.29 is 19.1 Å². The number of aromatic carboxylic acids is 1. The topological polar surface area (TPSA) is 83.6 Å². The molecule has 1 aliphatic heterocycles. The monoisotopic (exact) mass is 266 g/mol. The number of hydrogen-bond acceptors (Lipinski definition) is 3. The van der Waals surface area contributed by atoms with Crippen molar-refractivity contribution >= 4 is 11.9 Å². The van der Waals surface area contributed by atoms with E-state index in [0.29, 0.717) is 25.1 Å². The first-order valence-electron chi connectivity index (χ1n) is 6.00. The molecule has 1 unspecified atom stereocenters. The van der Waals surface area contributed by atoms with Crippen molar-refractivity contribution in [3.05, 3.63) is 35.1 Å². The Kier molecular flexibility index (Phi) is 3.80. The van der Waals surface area contributed by atoms with Crippen LogP contribution in [0.15, 0.2) is 18.2 Å². The zero-order chi connectivity index (χ0) is 14.0. The molecule has 1 atom stereocenters. The molecule has 19 heavy (non-hydrogen) atoms. The summed E-state index contributed by atoms with van der Waals surface area (Å²) in [7, 11) is 0. The standard InChI is InChI=1S/C13H15FN2O3/c14-11-2-1-8(13(18)19)5-10(11)7-16-4-3-9(6-16)12(15)17/h1-2,5,9H,3-4,6-7H2,(H2,15,17)(H,18,19). The van der Waals surface area contributed by atoms with Gasteiger partial charge < -0.3 is 10.8 Å². The van der Waals surface area contributed by atoms with Gasteiger partial charge in [-0.25, -0.2) is 9.18 Å². The minimum absolute atomic E-state index is 0.0575. The van der Waals surface area contributed by atoms with E-state index in [9.17, 15) is 14.0 Å². The van der Waals surface area contributed by atoms with Crippen LogP contribution in [0.5, 0.6) is 0 Å². The van der Waals surface area contributed by atoms with Gasteiger partial charge in [0.1, 0.15) is 5.82 Å². The molecule has 6 heteroatoms. The van der Waals surface area contributed by atoms with Gasteiger partial charge in [0.15, 0.2) is 0 Å². The Bertz CT molecular complexity index is 519. The highest BCUT2D eigenvalue weighted by Crippen LogP contribution is 2.20. The van der Waals surface area contributed by atoms with E-state index in [1.807, 2.05) is 4.90 Å². The van der Waals surface area contributed by atoms with Crippen LogP contribution in [0, 0.1) is 11.7 Å². The van der Waals surface area contributed by atoms with Crippen LogP contribution in [0.3, 0.4) is 0 Å². The van der Waals surface area contributed by atoms with Crippen LogP contribution in [-0.2, 0) is 11.3 Å². The third-order valence-electron chi connectivity index (χ3n) is 3.36. The van der Waals surface area contributed by atoms with Crippen molar-refractivity contribution in [3.8, 4) is 0 Å². The fraction of sp³-hybridized carbons (Fsp3) is 0.385. The summed E-state index contributed by atoms with van der Waals surface area (Å²) in [6, 6.07) is 3.72. The van der Waals surface area contributed by atoms with E-state index in [1.54, 1.807) is 0 Å². The number of nitrogens with zero attached hydrogens (tertiary/aromatic N) is 1.